The maximum Gasteiger partial charge on any atom is 0.159 e. The molecule has 2 aromatic rings. The summed E-state index contributed by atoms with van der Waals surface area (Å²) in [5, 5.41) is 3.32. The first-order valence-corrected chi connectivity index (χ1v) is 7.66. The molecule has 3 nitrogen and oxygen atoms in total. The Morgan fingerprint density at radius 3 is 2.64 bits per heavy atom. The van der Waals surface area contributed by atoms with E-state index in [1.165, 1.54) is 18.9 Å². The van der Waals surface area contributed by atoms with Gasteiger partial charge >= 0.3 is 0 Å². The first kappa shape index (κ1) is 15.2. The summed E-state index contributed by atoms with van der Waals surface area (Å²) in [6, 6.07) is 8.07. The van der Waals surface area contributed by atoms with Crippen molar-refractivity contribution in [1.29, 1.82) is 0 Å². The van der Waals surface area contributed by atoms with Crippen molar-refractivity contribution in [3.63, 3.8) is 0 Å². The minimum atomic E-state index is -0.811. The third-order valence-corrected chi connectivity index (χ3v) is 4.10. The molecule has 0 amide bonds. The SMILES string of the molecule is Fc1ccc(CNCC(c2ccco2)N2CCCC2)cc1F. The number of nitrogens with one attached hydrogen (secondary N) is 1. The molecule has 1 aliphatic heterocycles. The maximum atomic E-state index is 13.2. The largest absolute Gasteiger partial charge is 0.468 e. The van der Waals surface area contributed by atoms with Crippen LogP contribution in [-0.2, 0) is 6.54 Å². The predicted octanol–water partition coefficient (Wildman–Crippen LogP) is 3.48. The highest BCUT2D eigenvalue weighted by Crippen LogP contribution is 2.25. The molecule has 1 aliphatic rings. The van der Waals surface area contributed by atoms with E-state index in [0.29, 0.717) is 13.1 Å². The average molecular weight is 306 g/mol. The van der Waals surface area contributed by atoms with Gasteiger partial charge in [0.25, 0.3) is 0 Å². The molecule has 1 unspecified atom stereocenters. The molecule has 0 aliphatic carbocycles. The Balaban J connectivity index is 1.60. The molecule has 1 aromatic heterocycles. The van der Waals surface area contributed by atoms with Crippen molar-refractivity contribution in [2.75, 3.05) is 19.6 Å². The monoisotopic (exact) mass is 306 g/mol. The second-order valence-electron chi connectivity index (χ2n) is 5.65. The lowest BCUT2D eigenvalue weighted by Crippen LogP contribution is -2.33. The highest BCUT2D eigenvalue weighted by atomic mass is 19.2. The van der Waals surface area contributed by atoms with Crippen LogP contribution in [0.4, 0.5) is 8.78 Å². The van der Waals surface area contributed by atoms with Gasteiger partial charge in [0, 0.05) is 13.1 Å². The van der Waals surface area contributed by atoms with Crippen LogP contribution in [0.5, 0.6) is 0 Å². The van der Waals surface area contributed by atoms with E-state index >= 15 is 0 Å². The van der Waals surface area contributed by atoms with Crippen molar-refractivity contribution in [3.8, 4) is 0 Å². The number of furan rings is 1. The number of hydrogen-bond acceptors (Lipinski definition) is 3. The number of halogens is 2. The topological polar surface area (TPSA) is 28.4 Å². The zero-order chi connectivity index (χ0) is 15.4. The fourth-order valence-electron chi connectivity index (χ4n) is 2.95. The van der Waals surface area contributed by atoms with Crippen molar-refractivity contribution in [3.05, 3.63) is 59.6 Å². The summed E-state index contributed by atoms with van der Waals surface area (Å²) >= 11 is 0. The zero-order valence-electron chi connectivity index (χ0n) is 12.4. The normalized spacial score (nSPS) is 17.0. The van der Waals surface area contributed by atoms with E-state index in [9.17, 15) is 8.78 Å². The van der Waals surface area contributed by atoms with Gasteiger partial charge in [0.15, 0.2) is 11.6 Å². The van der Waals surface area contributed by atoms with E-state index in [2.05, 4.69) is 10.2 Å². The van der Waals surface area contributed by atoms with Gasteiger partial charge in [-0.15, -0.1) is 0 Å². The van der Waals surface area contributed by atoms with Crippen molar-refractivity contribution < 1.29 is 13.2 Å². The molecule has 3 rings (SSSR count). The highest BCUT2D eigenvalue weighted by molar-refractivity contribution is 5.17. The quantitative estimate of drug-likeness (QED) is 0.885. The van der Waals surface area contributed by atoms with E-state index < -0.39 is 11.6 Å². The predicted molar refractivity (Wildman–Crippen MR) is 80.3 cm³/mol. The number of hydrogen-bond donors (Lipinski definition) is 1. The van der Waals surface area contributed by atoms with Crippen molar-refractivity contribution >= 4 is 0 Å². The summed E-state index contributed by atoms with van der Waals surface area (Å²) in [5.74, 6) is -0.671. The standard InChI is InChI=1S/C17H20F2N2O/c18-14-6-5-13(10-15(14)19)11-20-12-16(17-4-3-9-22-17)21-7-1-2-8-21/h3-6,9-10,16,20H,1-2,7-8,11-12H2. The molecule has 1 aromatic carbocycles. The molecule has 2 heterocycles. The molecule has 0 radical (unpaired) electrons. The van der Waals surface area contributed by atoms with Crippen LogP contribution in [-0.4, -0.2) is 24.5 Å². The smallest absolute Gasteiger partial charge is 0.159 e. The summed E-state index contributed by atoms with van der Waals surface area (Å²) in [5.41, 5.74) is 0.735. The lowest BCUT2D eigenvalue weighted by Gasteiger charge is -2.26. The first-order valence-electron chi connectivity index (χ1n) is 7.66. The van der Waals surface area contributed by atoms with Crippen LogP contribution in [0.3, 0.4) is 0 Å². The van der Waals surface area contributed by atoms with E-state index in [1.807, 2.05) is 12.1 Å². The van der Waals surface area contributed by atoms with Crippen LogP contribution >= 0.6 is 0 Å². The van der Waals surface area contributed by atoms with Gasteiger partial charge in [-0.25, -0.2) is 8.78 Å². The van der Waals surface area contributed by atoms with E-state index in [0.717, 1.165) is 30.5 Å². The molecule has 118 valence electrons. The van der Waals surface area contributed by atoms with Gasteiger partial charge in [0.1, 0.15) is 5.76 Å². The Morgan fingerprint density at radius 2 is 1.95 bits per heavy atom. The molecule has 1 saturated heterocycles. The van der Waals surface area contributed by atoms with Crippen LogP contribution in [0.25, 0.3) is 0 Å². The van der Waals surface area contributed by atoms with Gasteiger partial charge in [-0.3, -0.25) is 4.90 Å². The molecule has 1 atom stereocenters. The van der Waals surface area contributed by atoms with E-state index in [-0.39, 0.29) is 6.04 Å². The summed E-state index contributed by atoms with van der Waals surface area (Å²) < 4.78 is 31.7. The lowest BCUT2D eigenvalue weighted by molar-refractivity contribution is 0.209. The molecule has 22 heavy (non-hydrogen) atoms. The number of rotatable bonds is 6. The minimum absolute atomic E-state index is 0.183. The Bertz CT molecular complexity index is 595. The molecule has 0 saturated carbocycles. The lowest BCUT2D eigenvalue weighted by atomic mass is 10.1. The third-order valence-electron chi connectivity index (χ3n) is 4.10. The second kappa shape index (κ2) is 7.03. The summed E-state index contributed by atoms with van der Waals surface area (Å²) in [6.07, 6.45) is 4.11. The van der Waals surface area contributed by atoms with Crippen molar-refractivity contribution in [1.82, 2.24) is 10.2 Å². The van der Waals surface area contributed by atoms with Gasteiger partial charge < -0.3 is 9.73 Å². The van der Waals surface area contributed by atoms with Gasteiger partial charge in [-0.1, -0.05) is 6.07 Å². The molecule has 1 N–H and O–H groups in total. The number of likely N-dealkylation sites (tertiary alicyclic amines) is 1. The number of nitrogens with zero attached hydrogens (tertiary/aromatic N) is 1. The van der Waals surface area contributed by atoms with Crippen LogP contribution in [0.15, 0.2) is 41.0 Å². The van der Waals surface area contributed by atoms with E-state index in [1.54, 1.807) is 12.3 Å². The molecular weight excluding hydrogens is 286 g/mol. The Morgan fingerprint density at radius 1 is 1.14 bits per heavy atom. The summed E-state index contributed by atoms with van der Waals surface area (Å²) in [7, 11) is 0. The second-order valence-corrected chi connectivity index (χ2v) is 5.65. The third kappa shape index (κ3) is 3.54. The Labute approximate surface area is 128 Å². The maximum absolute atomic E-state index is 13.2. The van der Waals surface area contributed by atoms with Crippen LogP contribution in [0.2, 0.25) is 0 Å². The Hall–Kier alpha value is -1.72. The van der Waals surface area contributed by atoms with Gasteiger partial charge in [0.05, 0.1) is 12.3 Å². The molecule has 0 spiro atoms. The Kier molecular flexibility index (Phi) is 4.85. The number of benzene rings is 1. The molecule has 1 fully saturated rings. The fraction of sp³-hybridized carbons (Fsp3) is 0.412. The van der Waals surface area contributed by atoms with E-state index in [4.69, 9.17) is 4.42 Å². The van der Waals surface area contributed by atoms with Gasteiger partial charge in [0.2, 0.25) is 0 Å². The van der Waals surface area contributed by atoms with Gasteiger partial charge in [-0.2, -0.15) is 0 Å². The zero-order valence-corrected chi connectivity index (χ0v) is 12.4. The average Bonchev–Trinajstić information content (AvgIpc) is 3.20. The summed E-state index contributed by atoms with van der Waals surface area (Å²) in [6.45, 7) is 3.35. The van der Waals surface area contributed by atoms with Crippen LogP contribution < -0.4 is 5.32 Å². The van der Waals surface area contributed by atoms with Crippen LogP contribution in [0.1, 0.15) is 30.2 Å². The van der Waals surface area contributed by atoms with Gasteiger partial charge in [-0.05, 0) is 55.8 Å². The molecule has 5 heteroatoms. The fourth-order valence-corrected chi connectivity index (χ4v) is 2.95. The van der Waals surface area contributed by atoms with Crippen LogP contribution in [0, 0.1) is 11.6 Å². The molecular formula is C17H20F2N2O. The van der Waals surface area contributed by atoms with Crippen molar-refractivity contribution in [2.24, 2.45) is 0 Å². The highest BCUT2D eigenvalue weighted by Gasteiger charge is 2.25. The van der Waals surface area contributed by atoms with Crippen molar-refractivity contribution in [2.45, 2.75) is 25.4 Å². The molecule has 0 bridgehead atoms. The summed E-state index contributed by atoms with van der Waals surface area (Å²) in [4.78, 5) is 2.40. The minimum Gasteiger partial charge on any atom is -0.468 e. The first-order chi connectivity index (χ1) is 10.7.